The lowest BCUT2D eigenvalue weighted by Crippen LogP contribution is -2.53. The highest BCUT2D eigenvalue weighted by atomic mass is 16.4. The summed E-state index contributed by atoms with van der Waals surface area (Å²) in [7, 11) is 0. The zero-order chi connectivity index (χ0) is 35.8. The van der Waals surface area contributed by atoms with Crippen molar-refractivity contribution in [2.75, 3.05) is 10.3 Å². The van der Waals surface area contributed by atoms with Crippen molar-refractivity contribution in [2.24, 2.45) is 23.7 Å². The summed E-state index contributed by atoms with van der Waals surface area (Å²) in [6.07, 6.45) is 2.17. The van der Waals surface area contributed by atoms with Gasteiger partial charge in [-0.3, -0.25) is 24.6 Å². The number of carbonyl (C=O) groups excluding carboxylic acids is 4. The number of nitrogens with one attached hydrogen (secondary N) is 1. The molecule has 1 saturated carbocycles. The Hall–Kier alpha value is -6.23. The molecule has 2 aliphatic heterocycles. The second-order valence-electron chi connectivity index (χ2n) is 13.7. The number of fused-ring (bicyclic) bond motifs is 4. The average molecular weight is 684 g/mol. The van der Waals surface area contributed by atoms with Crippen LogP contribution in [0.3, 0.4) is 0 Å². The van der Waals surface area contributed by atoms with Crippen LogP contribution < -0.4 is 10.3 Å². The quantitative estimate of drug-likeness (QED) is 0.156. The first-order valence-corrected chi connectivity index (χ1v) is 16.7. The van der Waals surface area contributed by atoms with E-state index in [-0.39, 0.29) is 29.8 Å². The number of amides is 4. The summed E-state index contributed by atoms with van der Waals surface area (Å²) in [6, 6.07) is 26.5. The van der Waals surface area contributed by atoms with Crippen LogP contribution in [0, 0.1) is 30.6 Å². The number of hydrazine groups is 1. The molecule has 11 heteroatoms. The smallest absolute Gasteiger partial charge is 0.339 e. The summed E-state index contributed by atoms with van der Waals surface area (Å²) in [5, 5.41) is 31.6. The summed E-state index contributed by atoms with van der Waals surface area (Å²) in [5.74, 6) is -8.01. The number of aromatic hydroxyl groups is 2. The Bertz CT molecular complexity index is 2180. The van der Waals surface area contributed by atoms with Crippen molar-refractivity contribution in [2.45, 2.75) is 31.1 Å². The molecule has 3 fully saturated rings. The lowest BCUT2D eigenvalue weighted by atomic mass is 9.49. The van der Waals surface area contributed by atoms with Gasteiger partial charge in [0.25, 0.3) is 11.8 Å². The van der Waals surface area contributed by atoms with Gasteiger partial charge in [0.2, 0.25) is 11.8 Å². The van der Waals surface area contributed by atoms with Gasteiger partial charge in [-0.15, -0.1) is 0 Å². The van der Waals surface area contributed by atoms with Gasteiger partial charge in [0.15, 0.2) is 0 Å². The normalized spacial score (nSPS) is 26.8. The highest BCUT2D eigenvalue weighted by Crippen LogP contribution is 2.64. The summed E-state index contributed by atoms with van der Waals surface area (Å²) >= 11 is 0. The maximum absolute atomic E-state index is 15.1. The largest absolute Gasteiger partial charge is 0.508 e. The summed E-state index contributed by atoms with van der Waals surface area (Å²) in [4.78, 5) is 70.7. The molecule has 11 nitrogen and oxygen atoms in total. The molecule has 4 amide bonds. The molecule has 4 aromatic carbocycles. The molecular weight excluding hydrogens is 650 g/mol. The number of carboxylic acid groups (broad SMARTS) is 1. The number of carbonyl (C=O) groups is 5. The molecule has 4 aromatic rings. The van der Waals surface area contributed by atoms with Crippen molar-refractivity contribution >= 4 is 41.0 Å². The molecule has 2 saturated heterocycles. The second kappa shape index (κ2) is 11.7. The maximum Gasteiger partial charge on any atom is 0.339 e. The van der Waals surface area contributed by atoms with Crippen LogP contribution in [0.25, 0.3) is 0 Å². The molecular formula is C40H33N3O8. The van der Waals surface area contributed by atoms with Gasteiger partial charge in [0.05, 0.1) is 34.5 Å². The third kappa shape index (κ3) is 4.68. The fraction of sp³-hybridized carbons (Fsp3) is 0.225. The van der Waals surface area contributed by atoms with Crippen molar-refractivity contribution in [3.8, 4) is 11.5 Å². The molecule has 256 valence electrons. The monoisotopic (exact) mass is 683 g/mol. The van der Waals surface area contributed by atoms with Gasteiger partial charge < -0.3 is 15.3 Å². The van der Waals surface area contributed by atoms with Gasteiger partial charge in [-0.2, -0.15) is 5.01 Å². The Morgan fingerprint density at radius 2 is 1.57 bits per heavy atom. The molecule has 6 atom stereocenters. The fourth-order valence-corrected chi connectivity index (χ4v) is 8.92. The van der Waals surface area contributed by atoms with Crippen molar-refractivity contribution in [1.82, 2.24) is 5.01 Å². The van der Waals surface area contributed by atoms with Crippen LogP contribution in [0.5, 0.6) is 11.5 Å². The minimum atomic E-state index is -1.47. The topological polar surface area (TPSA) is 165 Å². The number of phenols is 2. The van der Waals surface area contributed by atoms with Crippen molar-refractivity contribution < 1.29 is 39.3 Å². The molecule has 0 spiro atoms. The molecule has 2 heterocycles. The molecule has 0 aromatic heterocycles. The second-order valence-corrected chi connectivity index (χ2v) is 13.7. The maximum atomic E-state index is 15.1. The van der Waals surface area contributed by atoms with Crippen LogP contribution in [0.2, 0.25) is 0 Å². The van der Waals surface area contributed by atoms with Gasteiger partial charge in [-0.1, -0.05) is 71.8 Å². The molecule has 2 aliphatic carbocycles. The van der Waals surface area contributed by atoms with E-state index in [0.29, 0.717) is 16.8 Å². The number of aryl methyl sites for hydroxylation is 1. The number of nitrogens with zero attached hydrogens (tertiary/aromatic N) is 2. The Kier molecular flexibility index (Phi) is 7.33. The minimum Gasteiger partial charge on any atom is -0.508 e. The van der Waals surface area contributed by atoms with Crippen molar-refractivity contribution in [3.05, 3.63) is 131 Å². The van der Waals surface area contributed by atoms with E-state index in [0.717, 1.165) is 33.2 Å². The van der Waals surface area contributed by atoms with Crippen molar-refractivity contribution in [1.29, 1.82) is 0 Å². The highest BCUT2D eigenvalue weighted by Gasteiger charge is 2.70. The summed E-state index contributed by atoms with van der Waals surface area (Å²) in [6.45, 7) is 1.93. The van der Waals surface area contributed by atoms with E-state index in [4.69, 9.17) is 0 Å². The SMILES string of the molecule is Cc1ccc(NN2C(=O)[C@@H]3C[C@@H]4C(=CC[C@@H]5C(=O)N(c6ccc(C(=O)O)c(O)c6)C(=O)[C@@H]54)[C@H](c4cccc(O)c4)[C@]3(c3ccccc3)C2=O)cc1. The number of hydrogen-bond donors (Lipinski definition) is 4. The Morgan fingerprint density at radius 3 is 2.25 bits per heavy atom. The van der Waals surface area contributed by atoms with Crippen LogP contribution in [0.1, 0.15) is 45.8 Å². The fourth-order valence-electron chi connectivity index (χ4n) is 8.92. The predicted octanol–water partition coefficient (Wildman–Crippen LogP) is 5.29. The van der Waals surface area contributed by atoms with Gasteiger partial charge >= 0.3 is 5.97 Å². The van der Waals surface area contributed by atoms with Crippen LogP contribution in [-0.4, -0.2) is 49.9 Å². The standard InChI is InChI=1S/C40H33N3O8/c1-21-10-12-24(13-11-21)41-43-36(47)31-20-30-27(34(22-6-5-9-26(44)18-22)40(31,39(43)51)23-7-3-2-4-8-23)16-17-29-33(30)37(48)42(35(29)46)25-14-15-28(38(49)50)32(45)19-25/h2-16,18-19,29-31,33-34,41,44-45H,17,20H2,1H3,(H,49,50)/t29-,30+,31-,33-,34-,40+/m0/s1. The molecule has 51 heavy (non-hydrogen) atoms. The number of anilines is 2. The number of imide groups is 2. The number of phenolic OH excluding ortho intramolecular Hbond substituents is 1. The van der Waals surface area contributed by atoms with Crippen LogP contribution in [0.15, 0.2) is 109 Å². The number of benzene rings is 4. The van der Waals surface area contributed by atoms with Crippen LogP contribution in [0.4, 0.5) is 11.4 Å². The lowest BCUT2D eigenvalue weighted by molar-refractivity contribution is -0.138. The summed E-state index contributed by atoms with van der Waals surface area (Å²) < 4.78 is 0. The van der Waals surface area contributed by atoms with E-state index in [9.17, 15) is 34.5 Å². The van der Waals surface area contributed by atoms with E-state index in [1.54, 1.807) is 30.3 Å². The number of allylic oxidation sites excluding steroid dienone is 2. The molecule has 4 N–H and O–H groups in total. The lowest BCUT2D eigenvalue weighted by Gasteiger charge is -2.50. The van der Waals surface area contributed by atoms with Crippen molar-refractivity contribution in [3.63, 3.8) is 0 Å². The first kappa shape index (κ1) is 32.0. The van der Waals surface area contributed by atoms with Gasteiger partial charge in [0.1, 0.15) is 17.1 Å². The van der Waals surface area contributed by atoms with Crippen LogP contribution in [-0.2, 0) is 24.6 Å². The zero-order valence-corrected chi connectivity index (χ0v) is 27.4. The molecule has 4 aliphatic rings. The van der Waals surface area contributed by atoms with E-state index < -0.39 is 70.4 Å². The van der Waals surface area contributed by atoms with E-state index in [2.05, 4.69) is 5.43 Å². The molecule has 0 unspecified atom stereocenters. The van der Waals surface area contributed by atoms with Gasteiger partial charge in [-0.25, -0.2) is 9.69 Å². The summed E-state index contributed by atoms with van der Waals surface area (Å²) in [5.41, 5.74) is 4.73. The minimum absolute atomic E-state index is 0.0296. The average Bonchev–Trinajstić information content (AvgIpc) is 3.50. The molecule has 0 bridgehead atoms. The first-order chi connectivity index (χ1) is 24.5. The number of aromatic carboxylic acids is 1. The molecule has 8 rings (SSSR count). The van der Waals surface area contributed by atoms with E-state index in [1.165, 1.54) is 12.1 Å². The molecule has 0 radical (unpaired) electrons. The van der Waals surface area contributed by atoms with E-state index in [1.807, 2.05) is 55.5 Å². The van der Waals surface area contributed by atoms with Gasteiger partial charge in [-0.05, 0) is 73.2 Å². The van der Waals surface area contributed by atoms with E-state index >= 15 is 4.79 Å². The van der Waals surface area contributed by atoms with Crippen LogP contribution >= 0.6 is 0 Å². The first-order valence-electron chi connectivity index (χ1n) is 16.7. The Morgan fingerprint density at radius 1 is 0.824 bits per heavy atom. The number of carboxylic acids is 1. The third-order valence-electron chi connectivity index (χ3n) is 11.1. The highest BCUT2D eigenvalue weighted by molar-refractivity contribution is 6.23. The number of rotatable bonds is 6. The Labute approximate surface area is 292 Å². The third-order valence-corrected chi connectivity index (χ3v) is 11.1. The number of hydrogen-bond acceptors (Lipinski definition) is 8. The zero-order valence-electron chi connectivity index (χ0n) is 27.4. The van der Waals surface area contributed by atoms with Gasteiger partial charge in [0, 0.05) is 12.0 Å². The predicted molar refractivity (Wildman–Crippen MR) is 184 cm³/mol. The Balaban J connectivity index is 1.29.